The second kappa shape index (κ2) is 4.63. The fourth-order valence-electron chi connectivity index (χ4n) is 1.70. The van der Waals surface area contributed by atoms with E-state index in [0.29, 0.717) is 5.56 Å². The van der Waals surface area contributed by atoms with Gasteiger partial charge in [0.1, 0.15) is 0 Å². The minimum atomic E-state index is 0.709. The van der Waals surface area contributed by atoms with Gasteiger partial charge in [-0.1, -0.05) is 42.0 Å². The molecule has 0 aliphatic heterocycles. The Morgan fingerprint density at radius 2 is 1.88 bits per heavy atom. The van der Waals surface area contributed by atoms with Gasteiger partial charge >= 0.3 is 0 Å². The lowest BCUT2D eigenvalue weighted by Gasteiger charge is -2.03. The standard InChI is InChI=1S/C15H13N/c1-12-3-2-4-14(8-5-12)15-9-6-13(11-16)7-10-15/h2-3,5-10H,4H2,1H3. The van der Waals surface area contributed by atoms with Crippen LogP contribution in [-0.4, -0.2) is 0 Å². The molecule has 0 N–H and O–H groups in total. The molecule has 0 fully saturated rings. The third-order valence-corrected chi connectivity index (χ3v) is 2.65. The van der Waals surface area contributed by atoms with E-state index in [2.05, 4.69) is 37.3 Å². The Hall–Kier alpha value is -2.07. The fourth-order valence-corrected chi connectivity index (χ4v) is 1.70. The Labute approximate surface area is 96.0 Å². The van der Waals surface area contributed by atoms with E-state index < -0.39 is 0 Å². The van der Waals surface area contributed by atoms with Crippen molar-refractivity contribution in [1.29, 1.82) is 5.26 Å². The summed E-state index contributed by atoms with van der Waals surface area (Å²) in [6.07, 6.45) is 9.52. The van der Waals surface area contributed by atoms with Crippen LogP contribution in [0.1, 0.15) is 24.5 Å². The van der Waals surface area contributed by atoms with Crippen molar-refractivity contribution < 1.29 is 0 Å². The van der Waals surface area contributed by atoms with E-state index in [0.717, 1.165) is 6.42 Å². The summed E-state index contributed by atoms with van der Waals surface area (Å²) < 4.78 is 0. The lowest BCUT2D eigenvalue weighted by atomic mass is 10.0. The van der Waals surface area contributed by atoms with Gasteiger partial charge in [0.2, 0.25) is 0 Å². The van der Waals surface area contributed by atoms with Crippen molar-refractivity contribution in [3.8, 4) is 6.07 Å². The summed E-state index contributed by atoms with van der Waals surface area (Å²) >= 11 is 0. The molecule has 0 unspecified atom stereocenters. The van der Waals surface area contributed by atoms with Gasteiger partial charge in [0.25, 0.3) is 0 Å². The molecule has 0 saturated carbocycles. The van der Waals surface area contributed by atoms with E-state index in [1.807, 2.05) is 24.3 Å². The maximum absolute atomic E-state index is 8.73. The number of nitrogens with zero attached hydrogens (tertiary/aromatic N) is 1. The zero-order valence-corrected chi connectivity index (χ0v) is 9.27. The molecule has 0 saturated heterocycles. The first kappa shape index (κ1) is 10.4. The van der Waals surface area contributed by atoms with Crippen LogP contribution in [-0.2, 0) is 0 Å². The molecule has 1 aliphatic carbocycles. The van der Waals surface area contributed by atoms with Crippen LogP contribution in [0.25, 0.3) is 5.57 Å². The molecular weight excluding hydrogens is 194 g/mol. The molecule has 0 spiro atoms. The smallest absolute Gasteiger partial charge is 0.0991 e. The molecule has 2 rings (SSSR count). The van der Waals surface area contributed by atoms with Gasteiger partial charge < -0.3 is 0 Å². The Morgan fingerprint density at radius 3 is 2.56 bits per heavy atom. The average molecular weight is 207 g/mol. The summed E-state index contributed by atoms with van der Waals surface area (Å²) in [5, 5.41) is 8.73. The molecule has 0 radical (unpaired) electrons. The van der Waals surface area contributed by atoms with Crippen LogP contribution in [0.5, 0.6) is 0 Å². The van der Waals surface area contributed by atoms with E-state index in [9.17, 15) is 0 Å². The van der Waals surface area contributed by atoms with Crippen molar-refractivity contribution in [3.05, 3.63) is 65.3 Å². The van der Waals surface area contributed by atoms with Gasteiger partial charge in [-0.25, -0.2) is 0 Å². The van der Waals surface area contributed by atoms with Gasteiger partial charge in [-0.2, -0.15) is 5.26 Å². The number of hydrogen-bond donors (Lipinski definition) is 0. The zero-order chi connectivity index (χ0) is 11.4. The molecule has 0 amide bonds. The third kappa shape index (κ3) is 2.29. The second-order valence-electron chi connectivity index (χ2n) is 3.90. The van der Waals surface area contributed by atoms with E-state index >= 15 is 0 Å². The lowest BCUT2D eigenvalue weighted by molar-refractivity contribution is 1.38. The van der Waals surface area contributed by atoms with Gasteiger partial charge in [-0.15, -0.1) is 0 Å². The normalized spacial score (nSPS) is 14.8. The van der Waals surface area contributed by atoms with Crippen LogP contribution in [0.4, 0.5) is 0 Å². The van der Waals surface area contributed by atoms with E-state index in [-0.39, 0.29) is 0 Å². The first-order chi connectivity index (χ1) is 7.79. The molecule has 1 aromatic rings. The van der Waals surface area contributed by atoms with Gasteiger partial charge in [0.05, 0.1) is 11.6 Å². The monoisotopic (exact) mass is 207 g/mol. The molecule has 1 heteroatoms. The second-order valence-corrected chi connectivity index (χ2v) is 3.90. The van der Waals surface area contributed by atoms with E-state index in [1.165, 1.54) is 16.7 Å². The van der Waals surface area contributed by atoms with Crippen molar-refractivity contribution in [2.24, 2.45) is 0 Å². The number of rotatable bonds is 1. The molecule has 0 heterocycles. The molecule has 0 bridgehead atoms. The first-order valence-electron chi connectivity index (χ1n) is 5.34. The molecule has 1 aromatic carbocycles. The number of benzene rings is 1. The highest BCUT2D eigenvalue weighted by Crippen LogP contribution is 2.22. The topological polar surface area (TPSA) is 23.8 Å². The Bertz CT molecular complexity index is 507. The van der Waals surface area contributed by atoms with Crippen molar-refractivity contribution in [2.45, 2.75) is 13.3 Å². The van der Waals surface area contributed by atoms with Crippen molar-refractivity contribution >= 4 is 5.57 Å². The molecule has 16 heavy (non-hydrogen) atoms. The maximum atomic E-state index is 8.73. The van der Waals surface area contributed by atoms with E-state index in [4.69, 9.17) is 5.26 Å². The summed E-state index contributed by atoms with van der Waals surface area (Å²) in [6.45, 7) is 2.09. The SMILES string of the molecule is CC1=CC=C(c2ccc(C#N)cc2)CC=C1. The average Bonchev–Trinajstić information content (AvgIpc) is 2.54. The van der Waals surface area contributed by atoms with Crippen LogP contribution in [0.15, 0.2) is 54.1 Å². The highest BCUT2D eigenvalue weighted by atomic mass is 14.2. The van der Waals surface area contributed by atoms with Crippen LogP contribution in [0.3, 0.4) is 0 Å². The van der Waals surface area contributed by atoms with Crippen LogP contribution in [0.2, 0.25) is 0 Å². The zero-order valence-electron chi connectivity index (χ0n) is 9.27. The molecular formula is C15H13N. The van der Waals surface area contributed by atoms with Crippen LogP contribution in [0, 0.1) is 11.3 Å². The summed E-state index contributed by atoms with van der Waals surface area (Å²) in [7, 11) is 0. The summed E-state index contributed by atoms with van der Waals surface area (Å²) in [5.74, 6) is 0. The highest BCUT2D eigenvalue weighted by molar-refractivity contribution is 5.69. The fraction of sp³-hybridized carbons (Fsp3) is 0.133. The molecule has 0 atom stereocenters. The van der Waals surface area contributed by atoms with E-state index in [1.54, 1.807) is 0 Å². The summed E-state index contributed by atoms with van der Waals surface area (Å²) in [4.78, 5) is 0. The molecule has 1 nitrogen and oxygen atoms in total. The highest BCUT2D eigenvalue weighted by Gasteiger charge is 2.01. The van der Waals surface area contributed by atoms with Gasteiger partial charge in [0.15, 0.2) is 0 Å². The summed E-state index contributed by atoms with van der Waals surface area (Å²) in [6, 6.07) is 9.87. The predicted molar refractivity (Wildman–Crippen MR) is 66.6 cm³/mol. The van der Waals surface area contributed by atoms with Gasteiger partial charge in [0, 0.05) is 0 Å². The largest absolute Gasteiger partial charge is 0.192 e. The Morgan fingerprint density at radius 1 is 1.12 bits per heavy atom. The lowest BCUT2D eigenvalue weighted by Crippen LogP contribution is -1.83. The Kier molecular flexibility index (Phi) is 3.03. The number of hydrogen-bond acceptors (Lipinski definition) is 1. The number of allylic oxidation sites excluding steroid dienone is 6. The van der Waals surface area contributed by atoms with Crippen LogP contribution >= 0.6 is 0 Å². The number of nitriles is 1. The van der Waals surface area contributed by atoms with Crippen molar-refractivity contribution in [3.63, 3.8) is 0 Å². The van der Waals surface area contributed by atoms with Gasteiger partial charge in [-0.05, 0) is 36.6 Å². The minimum Gasteiger partial charge on any atom is -0.192 e. The molecule has 0 aromatic heterocycles. The van der Waals surface area contributed by atoms with Crippen LogP contribution < -0.4 is 0 Å². The summed E-state index contributed by atoms with van der Waals surface area (Å²) in [5.41, 5.74) is 4.45. The molecule has 78 valence electrons. The minimum absolute atomic E-state index is 0.709. The van der Waals surface area contributed by atoms with Crippen molar-refractivity contribution in [1.82, 2.24) is 0 Å². The Balaban J connectivity index is 2.31. The predicted octanol–water partition coefficient (Wildman–Crippen LogP) is 3.85. The quantitative estimate of drug-likeness (QED) is 0.686. The molecule has 1 aliphatic rings. The van der Waals surface area contributed by atoms with Gasteiger partial charge in [-0.3, -0.25) is 0 Å². The van der Waals surface area contributed by atoms with Crippen molar-refractivity contribution in [2.75, 3.05) is 0 Å². The maximum Gasteiger partial charge on any atom is 0.0991 e. The first-order valence-corrected chi connectivity index (χ1v) is 5.34. The third-order valence-electron chi connectivity index (χ3n) is 2.65.